The summed E-state index contributed by atoms with van der Waals surface area (Å²) in [5.74, 6) is -0.0114. The first-order valence-corrected chi connectivity index (χ1v) is 5.85. The summed E-state index contributed by atoms with van der Waals surface area (Å²) in [5.41, 5.74) is 2.05. The molecule has 2 aromatic rings. The Morgan fingerprint density at radius 1 is 0.737 bits per heavy atom. The average Bonchev–Trinajstić information content (AvgIpc) is 2.45. The summed E-state index contributed by atoms with van der Waals surface area (Å²) in [5, 5.41) is 0. The van der Waals surface area contributed by atoms with E-state index in [9.17, 15) is 4.79 Å². The number of hydrogen-bond acceptors (Lipinski definition) is 1. The van der Waals surface area contributed by atoms with Gasteiger partial charge >= 0.3 is 29.6 Å². The minimum absolute atomic E-state index is 0. The number of carbonyl (C=O) groups excluding carboxylic acids is 1. The van der Waals surface area contributed by atoms with Gasteiger partial charge in [-0.05, 0) is 23.3 Å². The third-order valence-electron chi connectivity index (χ3n) is 2.48. The standard InChI is InChI=1S/C17H14O.Na.H/c18-17(13-11-15-7-3-1-4-8-15)14-12-16-9-5-2-6-10-16;;/h1-14H;;/q;+1;-1. The minimum Gasteiger partial charge on any atom is -1.00 e. The predicted molar refractivity (Wildman–Crippen MR) is 77.1 cm³/mol. The maximum atomic E-state index is 11.6. The number of rotatable bonds is 4. The van der Waals surface area contributed by atoms with Crippen LogP contribution in [0.25, 0.3) is 12.2 Å². The van der Waals surface area contributed by atoms with Crippen molar-refractivity contribution in [2.45, 2.75) is 0 Å². The summed E-state index contributed by atoms with van der Waals surface area (Å²) < 4.78 is 0. The van der Waals surface area contributed by atoms with E-state index >= 15 is 0 Å². The number of carbonyl (C=O) groups is 1. The molecule has 2 aromatic carbocycles. The molecule has 0 aliphatic rings. The van der Waals surface area contributed by atoms with Crippen LogP contribution in [0.2, 0.25) is 0 Å². The van der Waals surface area contributed by atoms with Gasteiger partial charge in [0.15, 0.2) is 5.78 Å². The molecule has 0 bridgehead atoms. The summed E-state index contributed by atoms with van der Waals surface area (Å²) in [6, 6.07) is 19.6. The monoisotopic (exact) mass is 258 g/mol. The Hall–Kier alpha value is -1.41. The smallest absolute Gasteiger partial charge is 1.00 e. The van der Waals surface area contributed by atoms with Crippen molar-refractivity contribution >= 4 is 17.9 Å². The summed E-state index contributed by atoms with van der Waals surface area (Å²) in [4.78, 5) is 11.6. The van der Waals surface area contributed by atoms with E-state index in [0.717, 1.165) is 11.1 Å². The molecule has 0 spiro atoms. The van der Waals surface area contributed by atoms with Gasteiger partial charge in [0, 0.05) is 0 Å². The van der Waals surface area contributed by atoms with Crippen molar-refractivity contribution < 1.29 is 35.8 Å². The molecule has 0 saturated heterocycles. The average molecular weight is 258 g/mol. The fourth-order valence-electron chi connectivity index (χ4n) is 1.54. The van der Waals surface area contributed by atoms with Crippen molar-refractivity contribution in [1.29, 1.82) is 0 Å². The third-order valence-corrected chi connectivity index (χ3v) is 2.48. The zero-order valence-corrected chi connectivity index (χ0v) is 13.0. The van der Waals surface area contributed by atoms with E-state index in [2.05, 4.69) is 0 Å². The maximum Gasteiger partial charge on any atom is 1.00 e. The normalized spacial score (nSPS) is 10.5. The van der Waals surface area contributed by atoms with Crippen molar-refractivity contribution in [3.8, 4) is 0 Å². The Bertz CT molecular complexity index is 511. The Labute approximate surface area is 137 Å². The van der Waals surface area contributed by atoms with E-state index in [1.54, 1.807) is 12.2 Å². The van der Waals surface area contributed by atoms with Crippen LogP contribution in [0.15, 0.2) is 72.8 Å². The van der Waals surface area contributed by atoms with Crippen LogP contribution in [0, 0.1) is 0 Å². The molecular formula is C17H15NaO. The van der Waals surface area contributed by atoms with Gasteiger partial charge in [-0.1, -0.05) is 72.8 Å². The van der Waals surface area contributed by atoms with Crippen molar-refractivity contribution in [3.05, 3.63) is 83.9 Å². The van der Waals surface area contributed by atoms with E-state index in [4.69, 9.17) is 0 Å². The SMILES string of the molecule is O=C(C=Cc1ccccc1)C=Cc1ccccc1.[H-].[Na+]. The molecule has 0 unspecified atom stereocenters. The van der Waals surface area contributed by atoms with Gasteiger partial charge < -0.3 is 1.43 Å². The Balaban J connectivity index is 0.00000180. The Morgan fingerprint density at radius 3 is 1.47 bits per heavy atom. The fraction of sp³-hybridized carbons (Fsp3) is 0. The molecule has 0 amide bonds. The molecule has 0 radical (unpaired) electrons. The van der Waals surface area contributed by atoms with Crippen molar-refractivity contribution in [1.82, 2.24) is 0 Å². The molecule has 2 rings (SSSR count). The molecule has 0 heterocycles. The van der Waals surface area contributed by atoms with Crippen molar-refractivity contribution in [2.75, 3.05) is 0 Å². The molecule has 0 atom stereocenters. The molecule has 0 N–H and O–H groups in total. The van der Waals surface area contributed by atoms with Gasteiger partial charge in [-0.15, -0.1) is 0 Å². The number of hydrogen-bond donors (Lipinski definition) is 0. The summed E-state index contributed by atoms with van der Waals surface area (Å²) in [7, 11) is 0. The molecule has 0 saturated carbocycles. The Morgan fingerprint density at radius 2 is 1.11 bits per heavy atom. The van der Waals surface area contributed by atoms with Crippen LogP contribution in [0.5, 0.6) is 0 Å². The van der Waals surface area contributed by atoms with Crippen LogP contribution in [0.3, 0.4) is 0 Å². The van der Waals surface area contributed by atoms with E-state index in [-0.39, 0.29) is 36.8 Å². The van der Waals surface area contributed by atoms with Crippen LogP contribution >= 0.6 is 0 Å². The molecule has 0 aliphatic carbocycles. The van der Waals surface area contributed by atoms with Gasteiger partial charge in [0.2, 0.25) is 0 Å². The van der Waals surface area contributed by atoms with Crippen LogP contribution in [0.4, 0.5) is 0 Å². The molecule has 2 heteroatoms. The predicted octanol–water partition coefficient (Wildman–Crippen LogP) is 1.10. The second kappa shape index (κ2) is 8.65. The van der Waals surface area contributed by atoms with E-state index in [1.165, 1.54) is 0 Å². The molecule has 0 aromatic heterocycles. The zero-order chi connectivity index (χ0) is 12.6. The summed E-state index contributed by atoms with van der Waals surface area (Å²) in [6.45, 7) is 0. The quantitative estimate of drug-likeness (QED) is 0.593. The first kappa shape index (κ1) is 15.6. The van der Waals surface area contributed by atoms with Gasteiger partial charge in [-0.3, -0.25) is 4.79 Å². The van der Waals surface area contributed by atoms with Crippen molar-refractivity contribution in [2.24, 2.45) is 0 Å². The third kappa shape index (κ3) is 5.84. The molecular weight excluding hydrogens is 243 g/mol. The number of allylic oxidation sites excluding steroid dienone is 2. The van der Waals surface area contributed by atoms with Crippen LogP contribution in [-0.2, 0) is 4.79 Å². The summed E-state index contributed by atoms with van der Waals surface area (Å²) >= 11 is 0. The van der Waals surface area contributed by atoms with Gasteiger partial charge in [0.1, 0.15) is 0 Å². The topological polar surface area (TPSA) is 17.1 Å². The van der Waals surface area contributed by atoms with Gasteiger partial charge in [0.25, 0.3) is 0 Å². The van der Waals surface area contributed by atoms with E-state index in [1.807, 2.05) is 72.8 Å². The molecule has 1 nitrogen and oxygen atoms in total. The second-order valence-corrected chi connectivity index (χ2v) is 3.89. The molecule has 0 fully saturated rings. The second-order valence-electron chi connectivity index (χ2n) is 3.89. The summed E-state index contributed by atoms with van der Waals surface area (Å²) in [6.07, 6.45) is 6.79. The van der Waals surface area contributed by atoms with Gasteiger partial charge in [-0.25, -0.2) is 0 Å². The van der Waals surface area contributed by atoms with E-state index in [0.29, 0.717) is 0 Å². The van der Waals surface area contributed by atoms with E-state index < -0.39 is 0 Å². The fourth-order valence-corrected chi connectivity index (χ4v) is 1.54. The minimum atomic E-state index is -0.0114. The number of benzene rings is 2. The molecule has 90 valence electrons. The maximum absolute atomic E-state index is 11.6. The molecule has 0 aliphatic heterocycles. The van der Waals surface area contributed by atoms with Crippen LogP contribution in [-0.4, -0.2) is 5.78 Å². The van der Waals surface area contributed by atoms with Gasteiger partial charge in [-0.2, -0.15) is 0 Å². The van der Waals surface area contributed by atoms with Crippen LogP contribution in [0.1, 0.15) is 12.6 Å². The largest absolute Gasteiger partial charge is 1.00 e. The first-order chi connectivity index (χ1) is 8.84. The Kier molecular flexibility index (Phi) is 7.12. The van der Waals surface area contributed by atoms with Crippen LogP contribution < -0.4 is 29.6 Å². The van der Waals surface area contributed by atoms with Gasteiger partial charge in [0.05, 0.1) is 0 Å². The zero-order valence-electron chi connectivity index (χ0n) is 12.0. The molecule has 19 heavy (non-hydrogen) atoms. The first-order valence-electron chi connectivity index (χ1n) is 5.85. The number of ketones is 1. The van der Waals surface area contributed by atoms with Crippen molar-refractivity contribution in [3.63, 3.8) is 0 Å².